The molecule has 2 aromatic carbocycles. The van der Waals surface area contributed by atoms with Crippen LogP contribution < -0.4 is 15.0 Å². The largest absolute Gasteiger partial charge is 0.495 e. The van der Waals surface area contributed by atoms with Gasteiger partial charge >= 0.3 is 5.97 Å². The van der Waals surface area contributed by atoms with Crippen LogP contribution in [0.15, 0.2) is 53.7 Å². The molecule has 0 radical (unpaired) electrons. The Kier molecular flexibility index (Phi) is 5.17. The van der Waals surface area contributed by atoms with Crippen molar-refractivity contribution in [3.8, 4) is 5.75 Å². The number of carbonyl (C=O) groups excluding carboxylic acids is 1. The summed E-state index contributed by atoms with van der Waals surface area (Å²) < 4.78 is 34.4. The van der Waals surface area contributed by atoms with Gasteiger partial charge < -0.3 is 33.9 Å². The Balaban J connectivity index is 1.03. The molecule has 0 unspecified atom stereocenters. The molecule has 11 aliphatic heterocycles. The van der Waals surface area contributed by atoms with Gasteiger partial charge in [0.2, 0.25) is 0 Å². The van der Waals surface area contributed by atoms with Crippen LogP contribution in [0.2, 0.25) is 0 Å². The maximum Gasteiger partial charge on any atom is 0.335 e. The summed E-state index contributed by atoms with van der Waals surface area (Å²) in [5, 5.41) is 3.83. The van der Waals surface area contributed by atoms with Crippen molar-refractivity contribution in [3.05, 3.63) is 64.9 Å². The Morgan fingerprint density at radius 3 is 2.64 bits per heavy atom. The van der Waals surface area contributed by atoms with Gasteiger partial charge in [-0.2, -0.15) is 0 Å². The van der Waals surface area contributed by atoms with Crippen molar-refractivity contribution >= 4 is 17.3 Å². The molecule has 10 heteroatoms. The maximum atomic E-state index is 14.0. The minimum absolute atomic E-state index is 0.0597. The summed E-state index contributed by atoms with van der Waals surface area (Å²) in [7, 11) is 3.39. The molecular weight excluding hydrogens is 668 g/mol. The number of para-hydroxylation sites is 2. The number of benzene rings is 2. The predicted octanol–water partition coefficient (Wildman–Crippen LogP) is 4.53. The number of anilines is 2. The molecule has 2 bridgehead atoms. The molecule has 0 aromatic heterocycles. The molecule has 15 rings (SSSR count). The molecule has 11 heterocycles. The second-order valence-electron chi connectivity index (χ2n) is 19.0. The number of piperidine rings is 3. The van der Waals surface area contributed by atoms with E-state index >= 15 is 0 Å². The lowest BCUT2D eigenvalue weighted by Crippen LogP contribution is -2.88. The second kappa shape index (κ2) is 9.10. The SMILES string of the molecule is COC(=O)C1=C2Nc3ccccc3[C@@]23CCN2[C@@H]4O[C@@]56[C@@H]7C[C@]4(CN5c4c(OC)cccc4[C@@]64CCN5CC[C@@H]6OCC[C@]6(C7)[C@H]54)[C@@H]4OCC[C@]4(C1)[C@H]23. The van der Waals surface area contributed by atoms with Crippen LogP contribution in [0.25, 0.3) is 0 Å². The van der Waals surface area contributed by atoms with Gasteiger partial charge in [0.15, 0.2) is 5.72 Å². The molecule has 1 N–H and O–H groups in total. The number of ether oxygens (including phenoxy) is 5. The van der Waals surface area contributed by atoms with Gasteiger partial charge in [-0.15, -0.1) is 0 Å². The van der Waals surface area contributed by atoms with Crippen LogP contribution >= 0.6 is 0 Å². The van der Waals surface area contributed by atoms with E-state index in [1.165, 1.54) is 16.8 Å². The molecule has 10 nitrogen and oxygen atoms in total. The summed E-state index contributed by atoms with van der Waals surface area (Å²) in [6.45, 7) is 5.58. The Morgan fingerprint density at radius 2 is 1.74 bits per heavy atom. The van der Waals surface area contributed by atoms with Crippen molar-refractivity contribution in [3.63, 3.8) is 0 Å². The Hall–Kier alpha value is -3.15. The number of rotatable bonds is 2. The summed E-state index contributed by atoms with van der Waals surface area (Å²) in [6.07, 6.45) is 8.27. The highest BCUT2D eigenvalue weighted by Crippen LogP contribution is 2.81. The second-order valence-corrected chi connectivity index (χ2v) is 19.0. The lowest BCUT2D eigenvalue weighted by molar-refractivity contribution is -0.378. The van der Waals surface area contributed by atoms with E-state index in [0.29, 0.717) is 31.1 Å². The van der Waals surface area contributed by atoms with Gasteiger partial charge in [0.1, 0.15) is 12.0 Å². The lowest BCUT2D eigenvalue weighted by atomic mass is 9.41. The first-order chi connectivity index (χ1) is 25.9. The van der Waals surface area contributed by atoms with Gasteiger partial charge in [0, 0.05) is 73.1 Å². The highest BCUT2D eigenvalue weighted by atomic mass is 16.6. The number of esters is 1. The molecule has 9 saturated heterocycles. The molecule has 10 fully saturated rings. The molecule has 6 spiro atoms. The smallest absolute Gasteiger partial charge is 0.335 e. The molecule has 276 valence electrons. The summed E-state index contributed by atoms with van der Waals surface area (Å²) >= 11 is 0. The standard InChI is InChI=1S/C43H48N4O6/c1-49-29-9-5-7-27-31(29)47-23-40-21-24-20-38-13-18-51-30(38)10-15-45-16-12-42(27,35(38)45)43(24,47)53-37(40)46-17-11-41-26-6-3-4-8-28(26)44-32(41)25(33(48)50-2)22-39(34(41)46)14-19-52-36(39)40/h3-9,24,30,34-37,44H,10-23H2,1-2H3/t24-,30-,34-,35-,36+,37+,38+,39-,40-,41-,42+,43+/m0/s1. The van der Waals surface area contributed by atoms with Gasteiger partial charge in [0.25, 0.3) is 0 Å². The zero-order valence-corrected chi connectivity index (χ0v) is 30.7. The lowest BCUT2D eigenvalue weighted by Gasteiger charge is -2.77. The van der Waals surface area contributed by atoms with Crippen molar-refractivity contribution in [2.75, 3.05) is 63.8 Å². The zero-order valence-electron chi connectivity index (χ0n) is 30.7. The van der Waals surface area contributed by atoms with E-state index in [0.717, 1.165) is 100 Å². The number of nitrogens with one attached hydrogen (secondary N) is 1. The third-order valence-corrected chi connectivity index (χ3v) is 18.1. The third-order valence-electron chi connectivity index (χ3n) is 18.1. The normalized spacial score (nSPS) is 49.6. The maximum absolute atomic E-state index is 14.0. The third kappa shape index (κ3) is 2.77. The summed E-state index contributed by atoms with van der Waals surface area (Å²) in [4.78, 5) is 22.5. The molecule has 13 aliphatic rings. The van der Waals surface area contributed by atoms with Crippen LogP contribution in [0.5, 0.6) is 5.75 Å². The van der Waals surface area contributed by atoms with E-state index in [-0.39, 0.29) is 51.4 Å². The monoisotopic (exact) mass is 716 g/mol. The molecule has 2 aromatic rings. The van der Waals surface area contributed by atoms with E-state index in [1.54, 1.807) is 7.11 Å². The molecule has 0 amide bonds. The number of hydrogen-bond acceptors (Lipinski definition) is 10. The van der Waals surface area contributed by atoms with Crippen molar-refractivity contribution in [1.29, 1.82) is 0 Å². The van der Waals surface area contributed by atoms with Crippen LogP contribution in [-0.4, -0.2) is 106 Å². The van der Waals surface area contributed by atoms with Crippen molar-refractivity contribution in [2.24, 2.45) is 22.2 Å². The molecule has 1 saturated carbocycles. The van der Waals surface area contributed by atoms with Gasteiger partial charge in [-0.1, -0.05) is 30.3 Å². The van der Waals surface area contributed by atoms with Gasteiger partial charge in [-0.3, -0.25) is 9.80 Å². The Bertz CT molecular complexity index is 2110. The fraction of sp³-hybridized carbons (Fsp3) is 0.651. The van der Waals surface area contributed by atoms with Crippen molar-refractivity contribution in [2.45, 2.75) is 98.4 Å². The average molecular weight is 717 g/mol. The van der Waals surface area contributed by atoms with Crippen LogP contribution in [0.1, 0.15) is 62.5 Å². The topological polar surface area (TPSA) is 85.0 Å². The van der Waals surface area contributed by atoms with E-state index < -0.39 is 5.72 Å². The van der Waals surface area contributed by atoms with Crippen LogP contribution in [-0.2, 0) is 34.6 Å². The predicted molar refractivity (Wildman–Crippen MR) is 193 cm³/mol. The molecule has 2 aliphatic carbocycles. The Morgan fingerprint density at radius 1 is 0.887 bits per heavy atom. The summed E-state index contributed by atoms with van der Waals surface area (Å²) in [6, 6.07) is 16.2. The van der Waals surface area contributed by atoms with E-state index in [4.69, 9.17) is 23.7 Å². The molecule has 53 heavy (non-hydrogen) atoms. The van der Waals surface area contributed by atoms with Gasteiger partial charge in [-0.05, 0) is 81.2 Å². The highest BCUT2D eigenvalue weighted by molar-refractivity contribution is 5.93. The quantitative estimate of drug-likeness (QED) is 0.448. The van der Waals surface area contributed by atoms with Crippen LogP contribution in [0.3, 0.4) is 0 Å². The first kappa shape index (κ1) is 30.1. The number of methoxy groups -OCH3 is 2. The minimum atomic E-state index is -0.476. The molecular formula is C43H48N4O6. The minimum Gasteiger partial charge on any atom is -0.495 e. The first-order valence-corrected chi connectivity index (χ1v) is 20.5. The van der Waals surface area contributed by atoms with Crippen LogP contribution in [0, 0.1) is 22.2 Å². The van der Waals surface area contributed by atoms with Gasteiger partial charge in [0.05, 0.1) is 53.9 Å². The van der Waals surface area contributed by atoms with E-state index in [2.05, 4.69) is 62.5 Å². The number of carbonyl (C=O) groups is 1. The number of fused-ring (bicyclic) bond motifs is 2. The van der Waals surface area contributed by atoms with E-state index in [1.807, 2.05) is 7.11 Å². The average Bonchev–Trinajstić information content (AvgIpc) is 4.04. The van der Waals surface area contributed by atoms with Crippen molar-refractivity contribution < 1.29 is 28.5 Å². The van der Waals surface area contributed by atoms with Crippen molar-refractivity contribution in [1.82, 2.24) is 9.80 Å². The van der Waals surface area contributed by atoms with E-state index in [9.17, 15) is 4.79 Å². The molecule has 12 atom stereocenters. The first-order valence-electron chi connectivity index (χ1n) is 20.5. The summed E-state index contributed by atoms with van der Waals surface area (Å²) in [5.74, 6) is 1.08. The Labute approximate surface area is 310 Å². The fourth-order valence-electron chi connectivity index (χ4n) is 17.3. The number of nitrogens with zero attached hydrogens (tertiary/aromatic N) is 3. The highest BCUT2D eigenvalue weighted by Gasteiger charge is 2.88. The van der Waals surface area contributed by atoms with Gasteiger partial charge in [-0.25, -0.2) is 4.79 Å². The number of hydrogen-bond donors (Lipinski definition) is 1. The fourth-order valence-corrected chi connectivity index (χ4v) is 17.3. The zero-order chi connectivity index (χ0) is 34.9. The summed E-state index contributed by atoms with van der Waals surface area (Å²) in [5.41, 5.74) is 5.61. The van der Waals surface area contributed by atoms with Crippen LogP contribution in [0.4, 0.5) is 11.4 Å².